The summed E-state index contributed by atoms with van der Waals surface area (Å²) in [6, 6.07) is 0.501. The molecule has 2 atom stereocenters. The molecule has 2 aliphatic heterocycles. The van der Waals surface area contributed by atoms with E-state index >= 15 is 0 Å². The van der Waals surface area contributed by atoms with Gasteiger partial charge in [0.2, 0.25) is 0 Å². The number of primary amides is 1. The van der Waals surface area contributed by atoms with Crippen molar-refractivity contribution in [2.75, 3.05) is 24.5 Å². The van der Waals surface area contributed by atoms with Crippen LogP contribution in [0.2, 0.25) is 0 Å². The third-order valence-corrected chi connectivity index (χ3v) is 3.81. The number of fused-ring (bicyclic) bond motifs is 1. The van der Waals surface area contributed by atoms with Gasteiger partial charge in [-0.1, -0.05) is 0 Å². The maximum Gasteiger partial charge on any atom is 0.271 e. The van der Waals surface area contributed by atoms with E-state index in [1.54, 1.807) is 6.20 Å². The average molecular weight is 247 g/mol. The van der Waals surface area contributed by atoms with Crippen LogP contribution in [0.5, 0.6) is 0 Å². The van der Waals surface area contributed by atoms with Gasteiger partial charge in [0, 0.05) is 31.5 Å². The Kier molecular flexibility index (Phi) is 2.87. The largest absolute Gasteiger partial charge is 0.364 e. The molecule has 0 bridgehead atoms. The van der Waals surface area contributed by atoms with E-state index in [0.29, 0.717) is 17.8 Å². The molecule has 2 aliphatic rings. The molecular weight excluding hydrogens is 230 g/mol. The van der Waals surface area contributed by atoms with Crippen LogP contribution in [0.15, 0.2) is 12.4 Å². The van der Waals surface area contributed by atoms with Crippen molar-refractivity contribution in [1.82, 2.24) is 15.3 Å². The molecule has 0 aromatic carbocycles. The molecule has 0 saturated carbocycles. The van der Waals surface area contributed by atoms with E-state index in [2.05, 4.69) is 20.2 Å². The van der Waals surface area contributed by atoms with Crippen LogP contribution in [0.4, 0.5) is 5.82 Å². The molecule has 0 aliphatic carbocycles. The van der Waals surface area contributed by atoms with Crippen molar-refractivity contribution >= 4 is 11.7 Å². The van der Waals surface area contributed by atoms with Crippen LogP contribution in [0, 0.1) is 5.92 Å². The molecule has 2 fully saturated rings. The number of carbonyl (C=O) groups excluding carboxylic acids is 1. The lowest BCUT2D eigenvalue weighted by molar-refractivity contribution is 0.0995. The minimum atomic E-state index is -0.513. The Balaban J connectivity index is 1.85. The Morgan fingerprint density at radius 2 is 2.22 bits per heavy atom. The van der Waals surface area contributed by atoms with Gasteiger partial charge in [-0.2, -0.15) is 0 Å². The van der Waals surface area contributed by atoms with Crippen LogP contribution in [0.1, 0.15) is 23.3 Å². The minimum Gasteiger partial charge on any atom is -0.364 e. The summed E-state index contributed by atoms with van der Waals surface area (Å²) in [6.07, 6.45) is 5.57. The highest BCUT2D eigenvalue weighted by atomic mass is 16.1. The van der Waals surface area contributed by atoms with E-state index in [0.717, 1.165) is 19.6 Å². The molecule has 1 aromatic heterocycles. The zero-order valence-electron chi connectivity index (χ0n) is 10.2. The Hall–Kier alpha value is -1.69. The number of amides is 1. The monoisotopic (exact) mass is 247 g/mol. The van der Waals surface area contributed by atoms with Gasteiger partial charge in [0.15, 0.2) is 11.5 Å². The van der Waals surface area contributed by atoms with Crippen LogP contribution in [0.3, 0.4) is 0 Å². The van der Waals surface area contributed by atoms with E-state index in [-0.39, 0.29) is 5.69 Å². The van der Waals surface area contributed by atoms with Crippen LogP contribution < -0.4 is 16.0 Å². The van der Waals surface area contributed by atoms with Crippen LogP contribution in [0.25, 0.3) is 0 Å². The molecule has 6 nitrogen and oxygen atoms in total. The summed E-state index contributed by atoms with van der Waals surface area (Å²) in [6.45, 7) is 2.89. The van der Waals surface area contributed by atoms with Crippen molar-refractivity contribution < 1.29 is 4.79 Å². The summed E-state index contributed by atoms with van der Waals surface area (Å²) in [7, 11) is 0. The van der Waals surface area contributed by atoms with Gasteiger partial charge in [-0.25, -0.2) is 9.97 Å². The van der Waals surface area contributed by atoms with E-state index in [1.165, 1.54) is 19.0 Å². The fraction of sp³-hybridized carbons (Fsp3) is 0.583. The number of nitrogens with two attached hydrogens (primary N) is 1. The number of piperidine rings is 1. The quantitative estimate of drug-likeness (QED) is 0.753. The number of anilines is 1. The van der Waals surface area contributed by atoms with E-state index in [4.69, 9.17) is 5.73 Å². The zero-order chi connectivity index (χ0) is 12.5. The molecule has 3 rings (SSSR count). The Labute approximate surface area is 106 Å². The topological polar surface area (TPSA) is 84.1 Å². The smallest absolute Gasteiger partial charge is 0.271 e. The zero-order valence-corrected chi connectivity index (χ0v) is 10.2. The predicted molar refractivity (Wildman–Crippen MR) is 67.3 cm³/mol. The van der Waals surface area contributed by atoms with Crippen LogP contribution >= 0.6 is 0 Å². The summed E-state index contributed by atoms with van der Waals surface area (Å²) in [5, 5.41) is 3.52. The molecule has 2 saturated heterocycles. The lowest BCUT2D eigenvalue weighted by Gasteiger charge is -2.24. The maximum atomic E-state index is 11.4. The van der Waals surface area contributed by atoms with Gasteiger partial charge >= 0.3 is 0 Å². The second-order valence-electron chi connectivity index (χ2n) is 4.96. The Morgan fingerprint density at radius 1 is 1.39 bits per heavy atom. The first-order chi connectivity index (χ1) is 8.75. The molecule has 3 N–H and O–H groups in total. The summed E-state index contributed by atoms with van der Waals surface area (Å²) < 4.78 is 0. The first-order valence-corrected chi connectivity index (χ1v) is 6.35. The fourth-order valence-electron chi connectivity index (χ4n) is 2.96. The van der Waals surface area contributed by atoms with Gasteiger partial charge in [-0.15, -0.1) is 0 Å². The summed E-state index contributed by atoms with van der Waals surface area (Å²) in [5.41, 5.74) is 5.62. The van der Waals surface area contributed by atoms with Gasteiger partial charge in [0.25, 0.3) is 5.91 Å². The molecule has 0 spiro atoms. The molecule has 0 radical (unpaired) electrons. The summed E-state index contributed by atoms with van der Waals surface area (Å²) >= 11 is 0. The lowest BCUT2D eigenvalue weighted by Crippen LogP contribution is -2.40. The lowest BCUT2D eigenvalue weighted by atomic mass is 9.94. The van der Waals surface area contributed by atoms with E-state index in [1.807, 2.05) is 0 Å². The number of aromatic nitrogens is 2. The van der Waals surface area contributed by atoms with Crippen molar-refractivity contribution in [3.8, 4) is 0 Å². The normalized spacial score (nSPS) is 27.0. The number of rotatable bonds is 2. The van der Waals surface area contributed by atoms with E-state index in [9.17, 15) is 4.79 Å². The molecule has 3 heterocycles. The third-order valence-electron chi connectivity index (χ3n) is 3.81. The average Bonchev–Trinajstić information content (AvgIpc) is 2.82. The highest BCUT2D eigenvalue weighted by Crippen LogP contribution is 2.28. The highest BCUT2D eigenvalue weighted by molar-refractivity contribution is 5.95. The third kappa shape index (κ3) is 1.92. The number of nitrogens with one attached hydrogen (secondary N) is 1. The standard InChI is InChI=1S/C12H17N5O/c13-11(18)10-12(16-5-4-15-10)17-6-8-2-1-3-14-9(8)7-17/h4-5,8-9,14H,1-3,6-7H2,(H2,13,18). The number of hydrogen-bond acceptors (Lipinski definition) is 5. The second-order valence-corrected chi connectivity index (χ2v) is 4.96. The molecule has 18 heavy (non-hydrogen) atoms. The predicted octanol–water partition coefficient (Wildman–Crippen LogP) is -0.236. The second kappa shape index (κ2) is 4.53. The SMILES string of the molecule is NC(=O)c1nccnc1N1CC2CCCNC2C1. The first kappa shape index (κ1) is 11.4. The van der Waals surface area contributed by atoms with Gasteiger partial charge < -0.3 is 16.0 Å². The van der Waals surface area contributed by atoms with Gasteiger partial charge in [0.1, 0.15) is 0 Å². The fourth-order valence-corrected chi connectivity index (χ4v) is 2.96. The molecule has 2 unspecified atom stereocenters. The van der Waals surface area contributed by atoms with Gasteiger partial charge in [-0.3, -0.25) is 4.79 Å². The van der Waals surface area contributed by atoms with Crippen LogP contribution in [-0.4, -0.2) is 41.6 Å². The van der Waals surface area contributed by atoms with Gasteiger partial charge in [0.05, 0.1) is 0 Å². The summed E-state index contributed by atoms with van der Waals surface area (Å²) in [5.74, 6) is 0.753. The first-order valence-electron chi connectivity index (χ1n) is 6.35. The molecule has 6 heteroatoms. The van der Waals surface area contributed by atoms with Gasteiger partial charge in [-0.05, 0) is 25.3 Å². The van der Waals surface area contributed by atoms with Crippen molar-refractivity contribution in [2.24, 2.45) is 11.7 Å². The number of nitrogens with zero attached hydrogens (tertiary/aromatic N) is 3. The molecule has 96 valence electrons. The molecule has 1 amide bonds. The van der Waals surface area contributed by atoms with Crippen molar-refractivity contribution in [3.05, 3.63) is 18.1 Å². The molecule has 1 aromatic rings. The molecular formula is C12H17N5O. The highest BCUT2D eigenvalue weighted by Gasteiger charge is 2.36. The number of hydrogen-bond donors (Lipinski definition) is 2. The Morgan fingerprint density at radius 3 is 3.00 bits per heavy atom. The Bertz CT molecular complexity index is 450. The van der Waals surface area contributed by atoms with Crippen LogP contribution in [-0.2, 0) is 0 Å². The van der Waals surface area contributed by atoms with Crippen molar-refractivity contribution in [1.29, 1.82) is 0 Å². The maximum absolute atomic E-state index is 11.4. The minimum absolute atomic E-state index is 0.274. The van der Waals surface area contributed by atoms with Crippen molar-refractivity contribution in [2.45, 2.75) is 18.9 Å². The summed E-state index contributed by atoms with van der Waals surface area (Å²) in [4.78, 5) is 21.8. The van der Waals surface area contributed by atoms with E-state index < -0.39 is 5.91 Å². The van der Waals surface area contributed by atoms with Crippen molar-refractivity contribution in [3.63, 3.8) is 0 Å². The number of carbonyl (C=O) groups is 1.